The van der Waals surface area contributed by atoms with Crippen molar-refractivity contribution in [2.75, 3.05) is 13.6 Å². The third kappa shape index (κ3) is 4.03. The summed E-state index contributed by atoms with van der Waals surface area (Å²) >= 11 is 0. The quantitative estimate of drug-likeness (QED) is 0.673. The Bertz CT molecular complexity index is 202. The van der Waals surface area contributed by atoms with Crippen LogP contribution in [0.5, 0.6) is 0 Å². The van der Waals surface area contributed by atoms with Crippen molar-refractivity contribution in [2.24, 2.45) is 11.7 Å². The first-order valence-corrected chi connectivity index (χ1v) is 4.36. The summed E-state index contributed by atoms with van der Waals surface area (Å²) in [6, 6.07) is -0.510. The third-order valence-corrected chi connectivity index (χ3v) is 1.84. The molecule has 0 aromatic rings. The molecule has 0 fully saturated rings. The summed E-state index contributed by atoms with van der Waals surface area (Å²) in [5.41, 5.74) is 5.63. The van der Waals surface area contributed by atoms with Gasteiger partial charge in [0.15, 0.2) is 0 Å². The molecule has 1 atom stereocenters. The molecule has 76 valence electrons. The van der Waals surface area contributed by atoms with Crippen LogP contribution in [0.3, 0.4) is 0 Å². The first-order chi connectivity index (χ1) is 5.86. The Balaban J connectivity index is 4.17. The molecule has 0 aromatic carbocycles. The van der Waals surface area contributed by atoms with Crippen LogP contribution in [0.1, 0.15) is 20.8 Å². The van der Waals surface area contributed by atoms with Gasteiger partial charge in [-0.25, -0.2) is 0 Å². The topological polar surface area (TPSA) is 63.4 Å². The number of amides is 1. The van der Waals surface area contributed by atoms with E-state index >= 15 is 0 Å². The lowest BCUT2D eigenvalue weighted by molar-refractivity contribution is -0.135. The SMILES string of the molecule is CC(=O)CN(C)C(=O)C(N)C(C)C. The number of nitrogens with zero attached hydrogens (tertiary/aromatic N) is 1. The molecule has 4 nitrogen and oxygen atoms in total. The molecule has 0 heterocycles. The molecule has 0 aliphatic rings. The highest BCUT2D eigenvalue weighted by Gasteiger charge is 2.21. The van der Waals surface area contributed by atoms with E-state index in [0.717, 1.165) is 0 Å². The zero-order chi connectivity index (χ0) is 10.6. The van der Waals surface area contributed by atoms with Gasteiger partial charge in [-0.05, 0) is 12.8 Å². The summed E-state index contributed by atoms with van der Waals surface area (Å²) in [5, 5.41) is 0. The van der Waals surface area contributed by atoms with Crippen LogP contribution in [0.25, 0.3) is 0 Å². The van der Waals surface area contributed by atoms with Crippen LogP contribution in [0.2, 0.25) is 0 Å². The van der Waals surface area contributed by atoms with Gasteiger partial charge in [0.25, 0.3) is 0 Å². The molecule has 13 heavy (non-hydrogen) atoms. The van der Waals surface area contributed by atoms with Gasteiger partial charge in [0, 0.05) is 7.05 Å². The maximum absolute atomic E-state index is 11.5. The Morgan fingerprint density at radius 1 is 1.38 bits per heavy atom. The normalized spacial score (nSPS) is 12.8. The number of carbonyl (C=O) groups excluding carboxylic acids is 2. The van der Waals surface area contributed by atoms with Gasteiger partial charge < -0.3 is 10.6 Å². The average molecular weight is 186 g/mol. The van der Waals surface area contributed by atoms with Crippen LogP contribution in [0.4, 0.5) is 0 Å². The van der Waals surface area contributed by atoms with E-state index in [1.807, 2.05) is 13.8 Å². The van der Waals surface area contributed by atoms with Gasteiger partial charge in [0.2, 0.25) is 5.91 Å². The van der Waals surface area contributed by atoms with Gasteiger partial charge >= 0.3 is 0 Å². The largest absolute Gasteiger partial charge is 0.337 e. The average Bonchev–Trinajstić information content (AvgIpc) is 2.00. The molecule has 4 heteroatoms. The number of rotatable bonds is 4. The van der Waals surface area contributed by atoms with Crippen molar-refractivity contribution in [2.45, 2.75) is 26.8 Å². The number of nitrogens with two attached hydrogens (primary N) is 1. The second-order valence-corrected chi connectivity index (χ2v) is 3.67. The standard InChI is InChI=1S/C9H18N2O2/c1-6(2)8(10)9(13)11(4)5-7(3)12/h6,8H,5,10H2,1-4H3. The molecule has 0 saturated heterocycles. The van der Waals surface area contributed by atoms with Crippen LogP contribution >= 0.6 is 0 Å². The number of carbonyl (C=O) groups is 2. The zero-order valence-electron chi connectivity index (χ0n) is 8.70. The van der Waals surface area contributed by atoms with E-state index < -0.39 is 6.04 Å². The van der Waals surface area contributed by atoms with Crippen LogP contribution < -0.4 is 5.73 Å². The van der Waals surface area contributed by atoms with Crippen LogP contribution in [-0.4, -0.2) is 36.2 Å². The first kappa shape index (κ1) is 12.1. The Labute approximate surface area is 79.1 Å². The number of likely N-dealkylation sites (N-methyl/N-ethyl adjacent to an activating group) is 1. The molecule has 0 aliphatic carbocycles. The van der Waals surface area contributed by atoms with Crippen molar-refractivity contribution in [3.63, 3.8) is 0 Å². The van der Waals surface area contributed by atoms with Gasteiger partial charge in [-0.1, -0.05) is 13.8 Å². The summed E-state index contributed by atoms with van der Waals surface area (Å²) < 4.78 is 0. The van der Waals surface area contributed by atoms with Gasteiger partial charge in [0.1, 0.15) is 5.78 Å². The van der Waals surface area contributed by atoms with E-state index in [-0.39, 0.29) is 24.2 Å². The third-order valence-electron chi connectivity index (χ3n) is 1.84. The molecule has 2 N–H and O–H groups in total. The highest BCUT2D eigenvalue weighted by atomic mass is 16.2. The highest BCUT2D eigenvalue weighted by Crippen LogP contribution is 2.01. The molecule has 0 aliphatic heterocycles. The molecule has 1 unspecified atom stereocenters. The lowest BCUT2D eigenvalue weighted by atomic mass is 10.0. The molecule has 0 saturated carbocycles. The van der Waals surface area contributed by atoms with Crippen molar-refractivity contribution >= 4 is 11.7 Å². The number of ketones is 1. The van der Waals surface area contributed by atoms with Gasteiger partial charge in [-0.15, -0.1) is 0 Å². The Morgan fingerprint density at radius 2 is 1.85 bits per heavy atom. The van der Waals surface area contributed by atoms with E-state index in [2.05, 4.69) is 0 Å². The van der Waals surface area contributed by atoms with E-state index in [0.29, 0.717) is 0 Å². The molecule has 0 spiro atoms. The number of hydrogen-bond acceptors (Lipinski definition) is 3. The second kappa shape index (κ2) is 4.97. The molecule has 0 radical (unpaired) electrons. The first-order valence-electron chi connectivity index (χ1n) is 4.36. The van der Waals surface area contributed by atoms with E-state index in [9.17, 15) is 9.59 Å². The summed E-state index contributed by atoms with van der Waals surface area (Å²) in [6.45, 7) is 5.35. The van der Waals surface area contributed by atoms with Gasteiger partial charge in [-0.3, -0.25) is 9.59 Å². The number of Topliss-reactive ketones (excluding diaryl/α,β-unsaturated/α-hetero) is 1. The smallest absolute Gasteiger partial charge is 0.239 e. The lowest BCUT2D eigenvalue weighted by Gasteiger charge is -2.22. The van der Waals surface area contributed by atoms with Crippen molar-refractivity contribution in [1.82, 2.24) is 4.90 Å². The highest BCUT2D eigenvalue weighted by molar-refractivity contribution is 5.87. The monoisotopic (exact) mass is 186 g/mol. The van der Waals surface area contributed by atoms with Gasteiger partial charge in [-0.2, -0.15) is 0 Å². The number of hydrogen-bond donors (Lipinski definition) is 1. The molecular weight excluding hydrogens is 168 g/mol. The maximum Gasteiger partial charge on any atom is 0.239 e. The molecule has 0 aromatic heterocycles. The molecular formula is C9H18N2O2. The van der Waals surface area contributed by atoms with Crippen LogP contribution in [0.15, 0.2) is 0 Å². The molecule has 0 bridgehead atoms. The summed E-state index contributed by atoms with van der Waals surface area (Å²) in [5.74, 6) is -0.112. The Kier molecular flexibility index (Phi) is 4.62. The Hall–Kier alpha value is -0.900. The predicted octanol–water partition coefficient (Wildman–Crippen LogP) is 0.0171. The Morgan fingerprint density at radius 3 is 2.15 bits per heavy atom. The van der Waals surface area contributed by atoms with Crippen molar-refractivity contribution in [3.05, 3.63) is 0 Å². The minimum absolute atomic E-state index is 0.0354. The van der Waals surface area contributed by atoms with Crippen LogP contribution in [0, 0.1) is 5.92 Å². The minimum Gasteiger partial charge on any atom is -0.337 e. The fraction of sp³-hybridized carbons (Fsp3) is 0.778. The fourth-order valence-corrected chi connectivity index (χ4v) is 0.952. The van der Waals surface area contributed by atoms with E-state index in [4.69, 9.17) is 5.73 Å². The summed E-state index contributed by atoms with van der Waals surface area (Å²) in [6.07, 6.45) is 0. The molecule has 0 rings (SSSR count). The maximum atomic E-state index is 11.5. The fourth-order valence-electron chi connectivity index (χ4n) is 0.952. The summed E-state index contributed by atoms with van der Waals surface area (Å²) in [4.78, 5) is 23.6. The zero-order valence-corrected chi connectivity index (χ0v) is 8.70. The van der Waals surface area contributed by atoms with Crippen molar-refractivity contribution in [3.8, 4) is 0 Å². The second-order valence-electron chi connectivity index (χ2n) is 3.67. The predicted molar refractivity (Wildman–Crippen MR) is 51.1 cm³/mol. The minimum atomic E-state index is -0.510. The van der Waals surface area contributed by atoms with Crippen molar-refractivity contribution < 1.29 is 9.59 Å². The van der Waals surface area contributed by atoms with Crippen molar-refractivity contribution in [1.29, 1.82) is 0 Å². The lowest BCUT2D eigenvalue weighted by Crippen LogP contribution is -2.46. The molecule has 1 amide bonds. The van der Waals surface area contributed by atoms with Crippen LogP contribution in [-0.2, 0) is 9.59 Å². The van der Waals surface area contributed by atoms with E-state index in [1.54, 1.807) is 7.05 Å². The summed E-state index contributed by atoms with van der Waals surface area (Å²) in [7, 11) is 1.59. The van der Waals surface area contributed by atoms with E-state index in [1.165, 1.54) is 11.8 Å². The van der Waals surface area contributed by atoms with Gasteiger partial charge in [0.05, 0.1) is 12.6 Å².